The van der Waals surface area contributed by atoms with Crippen LogP contribution in [0.15, 0.2) is 43.1 Å². The first-order valence-corrected chi connectivity index (χ1v) is 8.02. The van der Waals surface area contributed by atoms with Gasteiger partial charge < -0.3 is 10.0 Å². The van der Waals surface area contributed by atoms with E-state index in [-0.39, 0.29) is 11.6 Å². The lowest BCUT2D eigenvalue weighted by Crippen LogP contribution is -2.27. The number of rotatable bonds is 7. The van der Waals surface area contributed by atoms with E-state index >= 15 is 0 Å². The van der Waals surface area contributed by atoms with Crippen LogP contribution in [0.5, 0.6) is 0 Å². The number of unbranched alkanes of at least 4 members (excludes halogenated alkanes) is 1. The molecule has 6 nitrogen and oxygen atoms in total. The Morgan fingerprint density at radius 1 is 1.30 bits per heavy atom. The number of carboxylic acids is 1. The maximum atomic E-state index is 13.3. The molecular weight excluding hydrogens is 363 g/mol. The van der Waals surface area contributed by atoms with Gasteiger partial charge in [-0.1, -0.05) is 6.08 Å². The second kappa shape index (κ2) is 8.07. The Hall–Kier alpha value is -3.10. The fraction of sp³-hybridized carbons (Fsp3) is 0.278. The first kappa shape index (κ1) is 20.2. The lowest BCUT2D eigenvalue weighted by atomic mass is 10.1. The Labute approximate surface area is 153 Å². The molecule has 1 heterocycles. The van der Waals surface area contributed by atoms with Crippen molar-refractivity contribution in [2.75, 3.05) is 13.6 Å². The summed E-state index contributed by atoms with van der Waals surface area (Å²) in [7, 11) is 1.63. The molecule has 2 rings (SSSR count). The highest BCUT2D eigenvalue weighted by Crippen LogP contribution is 2.33. The predicted molar refractivity (Wildman–Crippen MR) is 91.9 cm³/mol. The second-order valence-corrected chi connectivity index (χ2v) is 5.83. The Kier molecular flexibility index (Phi) is 6.04. The number of carbonyl (C=O) groups is 2. The van der Waals surface area contributed by atoms with Gasteiger partial charge in [0.05, 0.1) is 11.9 Å². The van der Waals surface area contributed by atoms with Crippen molar-refractivity contribution >= 4 is 11.9 Å². The molecule has 9 heteroatoms. The molecule has 0 saturated carbocycles. The van der Waals surface area contributed by atoms with Crippen molar-refractivity contribution in [2.45, 2.75) is 19.0 Å². The van der Waals surface area contributed by atoms with Crippen LogP contribution in [0, 0.1) is 0 Å². The highest BCUT2D eigenvalue weighted by Gasteiger charge is 2.40. The summed E-state index contributed by atoms with van der Waals surface area (Å²) in [6.07, 6.45) is -0.978. The number of halogens is 3. The van der Waals surface area contributed by atoms with E-state index in [2.05, 4.69) is 11.7 Å². The maximum absolute atomic E-state index is 13.3. The van der Waals surface area contributed by atoms with Gasteiger partial charge in [-0.25, -0.2) is 9.48 Å². The highest BCUT2D eigenvalue weighted by molar-refractivity contribution is 5.94. The van der Waals surface area contributed by atoms with E-state index in [4.69, 9.17) is 5.11 Å². The molecule has 27 heavy (non-hydrogen) atoms. The van der Waals surface area contributed by atoms with Gasteiger partial charge in [0, 0.05) is 19.2 Å². The van der Waals surface area contributed by atoms with Gasteiger partial charge in [-0.05, 0) is 37.1 Å². The number of nitrogens with zero attached hydrogens (tertiary/aromatic N) is 3. The number of aromatic nitrogens is 2. The average Bonchev–Trinajstić information content (AvgIpc) is 3.07. The average molecular weight is 381 g/mol. The summed E-state index contributed by atoms with van der Waals surface area (Å²) >= 11 is 0. The Bertz CT molecular complexity index is 842. The third-order valence-corrected chi connectivity index (χ3v) is 3.88. The monoisotopic (exact) mass is 381 g/mol. The molecule has 1 N–H and O–H groups in total. The van der Waals surface area contributed by atoms with E-state index < -0.39 is 23.4 Å². The van der Waals surface area contributed by atoms with Crippen LogP contribution in [0.1, 0.15) is 39.3 Å². The number of hydrogen-bond donors (Lipinski definition) is 1. The summed E-state index contributed by atoms with van der Waals surface area (Å²) in [5.41, 5.74) is -2.01. The first-order valence-electron chi connectivity index (χ1n) is 8.02. The van der Waals surface area contributed by atoms with E-state index in [9.17, 15) is 22.8 Å². The van der Waals surface area contributed by atoms with Crippen LogP contribution in [0.4, 0.5) is 13.2 Å². The third kappa shape index (κ3) is 4.55. The lowest BCUT2D eigenvalue weighted by molar-refractivity contribution is -0.143. The zero-order valence-corrected chi connectivity index (χ0v) is 14.5. The fourth-order valence-corrected chi connectivity index (χ4v) is 2.51. The van der Waals surface area contributed by atoms with Crippen LogP contribution in [0.2, 0.25) is 0 Å². The molecule has 1 aromatic carbocycles. The van der Waals surface area contributed by atoms with Crippen LogP contribution < -0.4 is 0 Å². The van der Waals surface area contributed by atoms with Gasteiger partial charge in [0.2, 0.25) is 0 Å². The Morgan fingerprint density at radius 3 is 2.44 bits per heavy atom. The van der Waals surface area contributed by atoms with Crippen LogP contribution in [-0.2, 0) is 6.18 Å². The molecule has 0 bridgehead atoms. The van der Waals surface area contributed by atoms with E-state index in [0.29, 0.717) is 23.0 Å². The maximum Gasteiger partial charge on any atom is 0.434 e. The van der Waals surface area contributed by atoms with Gasteiger partial charge in [-0.3, -0.25) is 4.79 Å². The molecule has 0 aliphatic carbocycles. The van der Waals surface area contributed by atoms with Gasteiger partial charge in [-0.2, -0.15) is 18.3 Å². The van der Waals surface area contributed by atoms with Crippen molar-refractivity contribution in [3.05, 3.63) is 59.9 Å². The van der Waals surface area contributed by atoms with Crippen molar-refractivity contribution in [1.82, 2.24) is 14.7 Å². The van der Waals surface area contributed by atoms with Crippen molar-refractivity contribution in [2.24, 2.45) is 0 Å². The summed E-state index contributed by atoms with van der Waals surface area (Å²) < 4.78 is 40.3. The van der Waals surface area contributed by atoms with Crippen LogP contribution in [-0.4, -0.2) is 45.3 Å². The van der Waals surface area contributed by atoms with Gasteiger partial charge in [0.15, 0.2) is 5.69 Å². The van der Waals surface area contributed by atoms with Gasteiger partial charge in [-0.15, -0.1) is 6.58 Å². The van der Waals surface area contributed by atoms with Gasteiger partial charge >= 0.3 is 12.1 Å². The predicted octanol–water partition coefficient (Wildman–Crippen LogP) is 3.63. The molecule has 1 aromatic heterocycles. The third-order valence-electron chi connectivity index (χ3n) is 3.88. The van der Waals surface area contributed by atoms with Crippen molar-refractivity contribution < 1.29 is 27.9 Å². The molecule has 0 aliphatic heterocycles. The largest absolute Gasteiger partial charge is 0.478 e. The number of alkyl halides is 3. The molecule has 1 amide bonds. The quantitative estimate of drug-likeness (QED) is 0.587. The number of carboxylic acid groups (broad SMARTS) is 1. The van der Waals surface area contributed by atoms with Crippen LogP contribution in [0.3, 0.4) is 0 Å². The normalized spacial score (nSPS) is 11.3. The smallest absolute Gasteiger partial charge is 0.434 e. The van der Waals surface area contributed by atoms with Crippen LogP contribution in [0.25, 0.3) is 5.69 Å². The molecule has 144 valence electrons. The second-order valence-electron chi connectivity index (χ2n) is 5.83. The minimum Gasteiger partial charge on any atom is -0.478 e. The standard InChI is InChI=1S/C18H18F3N3O3/c1-3-4-5-10-23(2)16(25)12-6-8-13(9-7-12)24-15(18(19,20)21)14(11-22-24)17(26)27/h3,6-9,11H,1,4-5,10H2,2H3,(H,26,27). The van der Waals surface area contributed by atoms with Crippen molar-refractivity contribution in [3.63, 3.8) is 0 Å². The summed E-state index contributed by atoms with van der Waals surface area (Å²) in [5, 5.41) is 12.5. The zero-order chi connectivity index (χ0) is 20.2. The molecule has 0 aliphatic rings. The molecule has 0 atom stereocenters. The SMILES string of the molecule is C=CCCCN(C)C(=O)c1ccc(-n2ncc(C(=O)O)c2C(F)(F)F)cc1. The lowest BCUT2D eigenvalue weighted by Gasteiger charge is -2.17. The highest BCUT2D eigenvalue weighted by atomic mass is 19.4. The molecular formula is C18H18F3N3O3. The summed E-state index contributed by atoms with van der Waals surface area (Å²) in [4.78, 5) is 24.9. The first-order chi connectivity index (χ1) is 12.7. The van der Waals surface area contributed by atoms with E-state index in [1.807, 2.05) is 0 Å². The molecule has 2 aromatic rings. The molecule has 0 fully saturated rings. The van der Waals surface area contributed by atoms with E-state index in [1.54, 1.807) is 13.1 Å². The van der Waals surface area contributed by atoms with Crippen LogP contribution >= 0.6 is 0 Å². The minimum absolute atomic E-state index is 0.000635. The number of carbonyl (C=O) groups excluding carboxylic acids is 1. The zero-order valence-electron chi connectivity index (χ0n) is 14.5. The van der Waals surface area contributed by atoms with E-state index in [0.717, 1.165) is 12.8 Å². The summed E-state index contributed by atoms with van der Waals surface area (Å²) in [5.74, 6) is -1.99. The van der Waals surface area contributed by atoms with Gasteiger partial charge in [0.1, 0.15) is 5.56 Å². The molecule has 0 spiro atoms. The van der Waals surface area contributed by atoms with E-state index in [1.165, 1.54) is 29.2 Å². The summed E-state index contributed by atoms with van der Waals surface area (Å²) in [6.45, 7) is 4.13. The van der Waals surface area contributed by atoms with Crippen molar-refractivity contribution in [3.8, 4) is 5.69 Å². The van der Waals surface area contributed by atoms with Crippen molar-refractivity contribution in [1.29, 1.82) is 0 Å². The Morgan fingerprint density at radius 2 is 1.93 bits per heavy atom. The number of hydrogen-bond acceptors (Lipinski definition) is 3. The molecule has 0 radical (unpaired) electrons. The Balaban J connectivity index is 2.29. The minimum atomic E-state index is -4.90. The summed E-state index contributed by atoms with van der Waals surface area (Å²) in [6, 6.07) is 5.34. The number of amides is 1. The topological polar surface area (TPSA) is 75.4 Å². The number of benzene rings is 1. The fourth-order valence-electron chi connectivity index (χ4n) is 2.51. The number of aromatic carboxylic acids is 1. The van der Waals surface area contributed by atoms with Gasteiger partial charge in [0.25, 0.3) is 5.91 Å². The molecule has 0 unspecified atom stereocenters. The number of allylic oxidation sites excluding steroid dienone is 1. The molecule has 0 saturated heterocycles.